The summed E-state index contributed by atoms with van der Waals surface area (Å²) in [6.45, 7) is 8.96. The Balaban J connectivity index is 1.31. The van der Waals surface area contributed by atoms with Crippen molar-refractivity contribution < 1.29 is 0 Å². The van der Waals surface area contributed by atoms with Gasteiger partial charge in [0.25, 0.3) is 0 Å². The van der Waals surface area contributed by atoms with E-state index in [2.05, 4.69) is 43.7 Å². The molecule has 0 amide bonds. The molecule has 0 aliphatic carbocycles. The molecule has 6 heteroatoms. The molecule has 0 saturated carbocycles. The van der Waals surface area contributed by atoms with Crippen LogP contribution in [0.15, 0.2) is 17.8 Å². The summed E-state index contributed by atoms with van der Waals surface area (Å²) < 4.78 is 2.13. The van der Waals surface area contributed by atoms with Crippen molar-refractivity contribution in [2.75, 3.05) is 26.2 Å². The van der Waals surface area contributed by atoms with Gasteiger partial charge in [-0.2, -0.15) is 0 Å². The van der Waals surface area contributed by atoms with E-state index in [-0.39, 0.29) is 0 Å². The summed E-state index contributed by atoms with van der Waals surface area (Å²) >= 11 is 1.76. The Labute approximate surface area is 135 Å². The lowest BCUT2D eigenvalue weighted by Crippen LogP contribution is -2.29. The third-order valence-corrected chi connectivity index (χ3v) is 5.80. The molecule has 2 fully saturated rings. The molecule has 4 heterocycles. The summed E-state index contributed by atoms with van der Waals surface area (Å²) in [5.74, 6) is 2.81. The van der Waals surface area contributed by atoms with Crippen molar-refractivity contribution in [3.05, 3.63) is 34.3 Å². The number of fused-ring (bicyclic) bond motifs is 1. The Morgan fingerprint density at radius 3 is 2.36 bits per heavy atom. The number of aryl methyl sites for hydroxylation is 2. The molecule has 2 aliphatic rings. The summed E-state index contributed by atoms with van der Waals surface area (Å²) in [6.07, 6.45) is 3.92. The van der Waals surface area contributed by atoms with Crippen molar-refractivity contribution in [1.82, 2.24) is 24.3 Å². The molecule has 2 aromatic heterocycles. The first kappa shape index (κ1) is 14.4. The Hall–Kier alpha value is -1.24. The van der Waals surface area contributed by atoms with E-state index in [9.17, 15) is 0 Å². The van der Waals surface area contributed by atoms with E-state index in [1.54, 1.807) is 11.3 Å². The molecule has 2 aliphatic heterocycles. The van der Waals surface area contributed by atoms with Crippen LogP contribution in [0.25, 0.3) is 0 Å². The van der Waals surface area contributed by atoms with Crippen LogP contribution in [-0.2, 0) is 20.1 Å². The van der Waals surface area contributed by atoms with Crippen LogP contribution in [0.2, 0.25) is 0 Å². The zero-order valence-corrected chi connectivity index (χ0v) is 14.1. The van der Waals surface area contributed by atoms with Crippen molar-refractivity contribution in [3.8, 4) is 0 Å². The van der Waals surface area contributed by atoms with Gasteiger partial charge in [-0.15, -0.1) is 11.3 Å². The van der Waals surface area contributed by atoms with E-state index in [0.29, 0.717) is 0 Å². The van der Waals surface area contributed by atoms with Crippen LogP contribution in [-0.4, -0.2) is 50.5 Å². The molecular formula is C16H23N5S. The van der Waals surface area contributed by atoms with E-state index < -0.39 is 0 Å². The number of likely N-dealkylation sites (tertiary alicyclic amines) is 2. The molecule has 2 aromatic rings. The number of hydrogen-bond donors (Lipinski definition) is 0. The number of nitrogens with zero attached hydrogens (tertiary/aromatic N) is 5. The predicted octanol–water partition coefficient (Wildman–Crippen LogP) is 1.75. The van der Waals surface area contributed by atoms with E-state index in [1.807, 2.05) is 12.4 Å². The highest BCUT2D eigenvalue weighted by Gasteiger charge is 2.40. The fourth-order valence-electron chi connectivity index (χ4n) is 3.90. The van der Waals surface area contributed by atoms with Gasteiger partial charge in [0.05, 0.1) is 17.2 Å². The second-order valence-corrected chi connectivity index (χ2v) is 7.78. The van der Waals surface area contributed by atoms with Crippen LogP contribution in [0.3, 0.4) is 0 Å². The molecule has 2 atom stereocenters. The van der Waals surface area contributed by atoms with Gasteiger partial charge in [0.2, 0.25) is 0 Å². The first-order valence-electron chi connectivity index (χ1n) is 7.99. The minimum absolute atomic E-state index is 0.819. The summed E-state index contributed by atoms with van der Waals surface area (Å²) in [5, 5.41) is 3.38. The lowest BCUT2D eigenvalue weighted by Gasteiger charge is -2.20. The average Bonchev–Trinajstić information content (AvgIpc) is 3.19. The van der Waals surface area contributed by atoms with E-state index in [4.69, 9.17) is 0 Å². The molecule has 0 N–H and O–H groups in total. The standard InChI is InChI=1S/C16H23N5S/c1-12-18-15(11-22-12)9-20-5-13-7-21(8-14(13)6-20)10-16-17-3-4-19(16)2/h3-4,11,13-14H,5-10H2,1-2H3/t13-,14+. The third kappa shape index (κ3) is 2.83. The van der Waals surface area contributed by atoms with Crippen LogP contribution in [0.5, 0.6) is 0 Å². The zero-order valence-electron chi connectivity index (χ0n) is 13.3. The van der Waals surface area contributed by atoms with Crippen LogP contribution < -0.4 is 0 Å². The largest absolute Gasteiger partial charge is 0.337 e. The zero-order chi connectivity index (χ0) is 15.1. The van der Waals surface area contributed by atoms with Crippen molar-refractivity contribution in [2.24, 2.45) is 18.9 Å². The highest BCUT2D eigenvalue weighted by molar-refractivity contribution is 7.09. The van der Waals surface area contributed by atoms with Gasteiger partial charge in [-0.05, 0) is 18.8 Å². The first-order chi connectivity index (χ1) is 10.7. The smallest absolute Gasteiger partial charge is 0.122 e. The monoisotopic (exact) mass is 317 g/mol. The molecule has 0 spiro atoms. The van der Waals surface area contributed by atoms with Gasteiger partial charge in [0, 0.05) is 57.5 Å². The van der Waals surface area contributed by atoms with Crippen molar-refractivity contribution >= 4 is 11.3 Å². The Kier molecular flexibility index (Phi) is 3.76. The number of rotatable bonds is 4. The van der Waals surface area contributed by atoms with Crippen LogP contribution in [0.1, 0.15) is 16.5 Å². The predicted molar refractivity (Wildman–Crippen MR) is 87.6 cm³/mol. The molecule has 5 nitrogen and oxygen atoms in total. The van der Waals surface area contributed by atoms with Gasteiger partial charge in [0.15, 0.2) is 0 Å². The van der Waals surface area contributed by atoms with Crippen molar-refractivity contribution in [2.45, 2.75) is 20.0 Å². The van der Waals surface area contributed by atoms with E-state index in [0.717, 1.165) is 24.9 Å². The highest BCUT2D eigenvalue weighted by atomic mass is 32.1. The lowest BCUT2D eigenvalue weighted by atomic mass is 10.0. The van der Waals surface area contributed by atoms with Gasteiger partial charge in [-0.25, -0.2) is 9.97 Å². The summed E-state index contributed by atoms with van der Waals surface area (Å²) in [5.41, 5.74) is 1.24. The van der Waals surface area contributed by atoms with E-state index in [1.165, 1.54) is 42.7 Å². The van der Waals surface area contributed by atoms with Crippen LogP contribution in [0, 0.1) is 18.8 Å². The highest BCUT2D eigenvalue weighted by Crippen LogP contribution is 2.32. The average molecular weight is 317 g/mol. The minimum Gasteiger partial charge on any atom is -0.337 e. The molecule has 0 bridgehead atoms. The maximum atomic E-state index is 4.60. The summed E-state index contributed by atoms with van der Waals surface area (Å²) in [7, 11) is 2.08. The van der Waals surface area contributed by atoms with Crippen LogP contribution >= 0.6 is 11.3 Å². The molecule has 22 heavy (non-hydrogen) atoms. The topological polar surface area (TPSA) is 37.2 Å². The second kappa shape index (κ2) is 5.76. The van der Waals surface area contributed by atoms with Gasteiger partial charge in [-0.3, -0.25) is 9.80 Å². The SMILES string of the molecule is Cc1nc(CN2C[C@@H]3CN(Cc4nccn4C)C[C@@H]3C2)cs1. The number of thiazole rings is 1. The molecule has 0 aromatic carbocycles. The van der Waals surface area contributed by atoms with E-state index >= 15 is 0 Å². The fraction of sp³-hybridized carbons (Fsp3) is 0.625. The normalized spacial score (nSPS) is 25.9. The second-order valence-electron chi connectivity index (χ2n) is 6.72. The molecule has 0 unspecified atom stereocenters. The lowest BCUT2D eigenvalue weighted by molar-refractivity contribution is 0.240. The maximum absolute atomic E-state index is 4.60. The summed E-state index contributed by atoms with van der Waals surface area (Å²) in [6, 6.07) is 0. The Morgan fingerprint density at radius 1 is 1.14 bits per heavy atom. The van der Waals surface area contributed by atoms with Crippen LogP contribution in [0.4, 0.5) is 0 Å². The van der Waals surface area contributed by atoms with Gasteiger partial charge in [0.1, 0.15) is 5.82 Å². The molecule has 4 rings (SSSR count). The summed E-state index contributed by atoms with van der Waals surface area (Å²) in [4.78, 5) is 14.2. The van der Waals surface area contributed by atoms with Gasteiger partial charge < -0.3 is 4.57 Å². The quantitative estimate of drug-likeness (QED) is 0.861. The van der Waals surface area contributed by atoms with Gasteiger partial charge >= 0.3 is 0 Å². The molecule has 0 radical (unpaired) electrons. The first-order valence-corrected chi connectivity index (χ1v) is 8.87. The number of imidazole rings is 1. The molecule has 118 valence electrons. The van der Waals surface area contributed by atoms with Crippen molar-refractivity contribution in [1.29, 1.82) is 0 Å². The molecule has 2 saturated heterocycles. The van der Waals surface area contributed by atoms with Gasteiger partial charge in [-0.1, -0.05) is 0 Å². The fourth-order valence-corrected chi connectivity index (χ4v) is 4.51. The van der Waals surface area contributed by atoms with Crippen molar-refractivity contribution in [3.63, 3.8) is 0 Å². The maximum Gasteiger partial charge on any atom is 0.122 e. The Morgan fingerprint density at radius 2 is 1.82 bits per heavy atom. The molecular weight excluding hydrogens is 294 g/mol. The minimum atomic E-state index is 0.819. The number of hydrogen-bond acceptors (Lipinski definition) is 5. The third-order valence-electron chi connectivity index (χ3n) is 4.98. The Bertz CT molecular complexity index is 635. The number of aromatic nitrogens is 3.